The van der Waals surface area contributed by atoms with E-state index in [2.05, 4.69) is 30.8 Å². The van der Waals surface area contributed by atoms with E-state index in [4.69, 9.17) is 10.6 Å². The summed E-state index contributed by atoms with van der Waals surface area (Å²) in [4.78, 5) is 13.4. The predicted octanol–water partition coefficient (Wildman–Crippen LogP) is 1.96. The molecule has 29 heavy (non-hydrogen) atoms. The van der Waals surface area contributed by atoms with Crippen molar-refractivity contribution >= 4 is 17.3 Å². The molecular formula is C19H23N9O. The van der Waals surface area contributed by atoms with Crippen LogP contribution in [0.1, 0.15) is 18.2 Å². The average Bonchev–Trinajstić information content (AvgIpc) is 3.36. The first-order valence-electron chi connectivity index (χ1n) is 9.27. The SMILES string of the molecule is CCOCc1cnc2ccc(CNc3nc(-c4cnn(C)c4)cnc3NN)cn12. The summed E-state index contributed by atoms with van der Waals surface area (Å²) in [5.74, 6) is 6.64. The van der Waals surface area contributed by atoms with Crippen LogP contribution in [0.4, 0.5) is 11.6 Å². The Bertz CT molecular complexity index is 1120. The molecule has 0 amide bonds. The molecule has 4 heterocycles. The Morgan fingerprint density at radius 2 is 2.00 bits per heavy atom. The molecule has 0 aliphatic heterocycles. The van der Waals surface area contributed by atoms with Crippen molar-refractivity contribution in [2.75, 3.05) is 17.3 Å². The zero-order valence-corrected chi connectivity index (χ0v) is 16.3. The van der Waals surface area contributed by atoms with Gasteiger partial charge in [-0.2, -0.15) is 5.10 Å². The molecule has 0 saturated heterocycles. The first-order valence-corrected chi connectivity index (χ1v) is 9.27. The largest absolute Gasteiger partial charge is 0.375 e. The summed E-state index contributed by atoms with van der Waals surface area (Å²) in [6.45, 7) is 3.70. The van der Waals surface area contributed by atoms with Gasteiger partial charge < -0.3 is 19.9 Å². The highest BCUT2D eigenvalue weighted by Gasteiger charge is 2.10. The van der Waals surface area contributed by atoms with E-state index < -0.39 is 0 Å². The van der Waals surface area contributed by atoms with E-state index in [1.54, 1.807) is 17.1 Å². The number of pyridine rings is 1. The molecule has 10 nitrogen and oxygen atoms in total. The number of rotatable bonds is 8. The molecule has 0 atom stereocenters. The lowest BCUT2D eigenvalue weighted by Gasteiger charge is -2.11. The first kappa shape index (κ1) is 18.8. The molecule has 0 spiro atoms. The molecule has 4 aromatic heterocycles. The number of hydrogen-bond donors (Lipinski definition) is 3. The van der Waals surface area contributed by atoms with Gasteiger partial charge in [-0.25, -0.2) is 20.8 Å². The van der Waals surface area contributed by atoms with Crippen LogP contribution in [0.25, 0.3) is 16.9 Å². The minimum atomic E-state index is 0.471. The van der Waals surface area contributed by atoms with Crippen molar-refractivity contribution in [3.63, 3.8) is 0 Å². The Kier molecular flexibility index (Phi) is 5.36. The van der Waals surface area contributed by atoms with Gasteiger partial charge in [0.1, 0.15) is 5.65 Å². The van der Waals surface area contributed by atoms with Crippen LogP contribution in [0.3, 0.4) is 0 Å². The minimum Gasteiger partial charge on any atom is -0.375 e. The maximum atomic E-state index is 5.60. The Morgan fingerprint density at radius 1 is 1.10 bits per heavy atom. The molecule has 4 aromatic rings. The van der Waals surface area contributed by atoms with E-state index in [0.717, 1.165) is 22.5 Å². The summed E-state index contributed by atoms with van der Waals surface area (Å²) < 4.78 is 9.27. The van der Waals surface area contributed by atoms with Gasteiger partial charge in [-0.15, -0.1) is 0 Å². The third kappa shape index (κ3) is 4.03. The maximum absolute atomic E-state index is 5.60. The van der Waals surface area contributed by atoms with Gasteiger partial charge in [0, 0.05) is 38.2 Å². The van der Waals surface area contributed by atoms with Crippen LogP contribution in [0, 0.1) is 0 Å². The Hall–Kier alpha value is -3.50. The van der Waals surface area contributed by atoms with Crippen molar-refractivity contribution in [3.8, 4) is 11.3 Å². The fourth-order valence-corrected chi connectivity index (χ4v) is 2.99. The van der Waals surface area contributed by atoms with Crippen LogP contribution >= 0.6 is 0 Å². The number of fused-ring (bicyclic) bond motifs is 1. The minimum absolute atomic E-state index is 0.471. The normalized spacial score (nSPS) is 11.1. The number of ether oxygens (including phenoxy) is 1. The lowest BCUT2D eigenvalue weighted by molar-refractivity contribution is 0.131. The summed E-state index contributed by atoms with van der Waals surface area (Å²) in [5, 5.41) is 7.49. The van der Waals surface area contributed by atoms with Crippen molar-refractivity contribution in [1.82, 2.24) is 29.1 Å². The zero-order chi connectivity index (χ0) is 20.2. The number of nitrogens with two attached hydrogens (primary N) is 1. The Morgan fingerprint density at radius 3 is 2.76 bits per heavy atom. The summed E-state index contributed by atoms with van der Waals surface area (Å²) in [7, 11) is 1.86. The molecule has 10 heteroatoms. The molecule has 0 bridgehead atoms. The van der Waals surface area contributed by atoms with Gasteiger partial charge in [-0.1, -0.05) is 6.07 Å². The van der Waals surface area contributed by atoms with Gasteiger partial charge in [-0.3, -0.25) is 4.68 Å². The van der Waals surface area contributed by atoms with E-state index in [-0.39, 0.29) is 0 Å². The second kappa shape index (κ2) is 8.25. The lowest BCUT2D eigenvalue weighted by atomic mass is 10.2. The van der Waals surface area contributed by atoms with Crippen LogP contribution < -0.4 is 16.6 Å². The number of aryl methyl sites for hydroxylation is 1. The second-order valence-electron chi connectivity index (χ2n) is 6.51. The van der Waals surface area contributed by atoms with Crippen LogP contribution in [0.2, 0.25) is 0 Å². The number of nitrogens with zero attached hydrogens (tertiary/aromatic N) is 6. The molecule has 4 rings (SSSR count). The number of imidazole rings is 1. The Labute approximate surface area is 167 Å². The van der Waals surface area contributed by atoms with Gasteiger partial charge in [0.15, 0.2) is 11.6 Å². The third-order valence-electron chi connectivity index (χ3n) is 4.47. The Balaban J connectivity index is 1.56. The predicted molar refractivity (Wildman–Crippen MR) is 110 cm³/mol. The number of anilines is 2. The van der Waals surface area contributed by atoms with Crippen LogP contribution in [0.15, 0.2) is 43.1 Å². The van der Waals surface area contributed by atoms with Gasteiger partial charge in [-0.05, 0) is 18.6 Å². The quantitative estimate of drug-likeness (QED) is 0.307. The average molecular weight is 393 g/mol. The number of hydrazine groups is 1. The van der Waals surface area contributed by atoms with E-state index >= 15 is 0 Å². The van der Waals surface area contributed by atoms with E-state index in [1.807, 2.05) is 49.1 Å². The van der Waals surface area contributed by atoms with Crippen molar-refractivity contribution in [2.24, 2.45) is 12.9 Å². The van der Waals surface area contributed by atoms with E-state index in [9.17, 15) is 0 Å². The van der Waals surface area contributed by atoms with Crippen LogP contribution in [0.5, 0.6) is 0 Å². The summed E-state index contributed by atoms with van der Waals surface area (Å²) in [6.07, 6.45) is 9.17. The molecule has 0 radical (unpaired) electrons. The number of hydrogen-bond acceptors (Lipinski definition) is 8. The molecule has 0 saturated carbocycles. The van der Waals surface area contributed by atoms with Crippen molar-refractivity contribution in [1.29, 1.82) is 0 Å². The smallest absolute Gasteiger partial charge is 0.183 e. The molecule has 0 aromatic carbocycles. The van der Waals surface area contributed by atoms with Gasteiger partial charge in [0.05, 0.1) is 36.6 Å². The van der Waals surface area contributed by atoms with Gasteiger partial charge in [0.2, 0.25) is 0 Å². The fraction of sp³-hybridized carbons (Fsp3) is 0.263. The molecule has 0 aliphatic carbocycles. The third-order valence-corrected chi connectivity index (χ3v) is 4.47. The molecule has 0 fully saturated rings. The number of nitrogen functional groups attached to an aromatic ring is 1. The van der Waals surface area contributed by atoms with Crippen molar-refractivity contribution in [3.05, 3.63) is 54.4 Å². The maximum Gasteiger partial charge on any atom is 0.183 e. The standard InChI is InChI=1S/C19H23N9O/c1-3-29-12-15-8-21-17-5-4-13(10-28(15)17)6-22-18-19(26-20)23-9-16(25-18)14-7-24-27(2)11-14/h4-5,7-11H,3,6,12,20H2,1-2H3,(H,22,25)(H,23,26). The topological polar surface area (TPSA) is 120 Å². The van der Waals surface area contributed by atoms with E-state index in [0.29, 0.717) is 37.1 Å². The number of nitrogens with one attached hydrogen (secondary N) is 2. The van der Waals surface area contributed by atoms with Crippen molar-refractivity contribution < 1.29 is 4.74 Å². The monoisotopic (exact) mass is 393 g/mol. The van der Waals surface area contributed by atoms with E-state index in [1.165, 1.54) is 0 Å². The highest BCUT2D eigenvalue weighted by molar-refractivity contribution is 5.65. The first-order chi connectivity index (χ1) is 14.2. The lowest BCUT2D eigenvalue weighted by Crippen LogP contribution is -2.13. The summed E-state index contributed by atoms with van der Waals surface area (Å²) in [6, 6.07) is 4.00. The molecule has 0 aliphatic rings. The fourth-order valence-electron chi connectivity index (χ4n) is 2.99. The molecule has 150 valence electrons. The second-order valence-corrected chi connectivity index (χ2v) is 6.51. The highest BCUT2D eigenvalue weighted by Crippen LogP contribution is 2.22. The summed E-state index contributed by atoms with van der Waals surface area (Å²) in [5.41, 5.74) is 7.12. The number of aromatic nitrogens is 6. The molecule has 4 N–H and O–H groups in total. The molecular weight excluding hydrogens is 370 g/mol. The van der Waals surface area contributed by atoms with Gasteiger partial charge >= 0.3 is 0 Å². The molecule has 0 unspecified atom stereocenters. The highest BCUT2D eigenvalue weighted by atomic mass is 16.5. The van der Waals surface area contributed by atoms with Crippen LogP contribution in [-0.2, 0) is 24.9 Å². The zero-order valence-electron chi connectivity index (χ0n) is 16.3. The van der Waals surface area contributed by atoms with Crippen LogP contribution in [-0.4, -0.2) is 35.7 Å². The van der Waals surface area contributed by atoms with Gasteiger partial charge in [0.25, 0.3) is 0 Å². The van der Waals surface area contributed by atoms with Crippen molar-refractivity contribution in [2.45, 2.75) is 20.1 Å². The summed E-state index contributed by atoms with van der Waals surface area (Å²) >= 11 is 0.